The molecule has 2 N–H and O–H groups in total. The molecule has 0 bridgehead atoms. The van der Waals surface area contributed by atoms with E-state index in [1.165, 1.54) is 50.1 Å². The number of hydrogen-bond donors (Lipinski definition) is 2. The van der Waals surface area contributed by atoms with E-state index in [4.69, 9.17) is 65.8 Å². The van der Waals surface area contributed by atoms with Crippen molar-refractivity contribution in [3.8, 4) is 74.6 Å². The fourth-order valence-electron chi connectivity index (χ4n) is 9.42. The minimum absolute atomic E-state index is 0.112. The summed E-state index contributed by atoms with van der Waals surface area (Å²) in [4.78, 5) is 74.6. The topological polar surface area (TPSA) is 233 Å². The molecule has 0 fully saturated rings. The molecular weight excluding hydrogens is 1160 g/mol. The van der Waals surface area contributed by atoms with Gasteiger partial charge in [-0.05, 0) is 85.8 Å². The zero-order chi connectivity index (χ0) is 60.3. The summed E-state index contributed by atoms with van der Waals surface area (Å²) in [5.74, 6) is 2.61. The average molecular weight is 1210 g/mol. The molecule has 6 aromatic carbocycles. The van der Waals surface area contributed by atoms with Crippen molar-refractivity contribution in [2.45, 2.75) is 6.92 Å². The predicted octanol–water partition coefficient (Wildman–Crippen LogP) is 10.9. The largest absolute Gasteiger partial charge is 0.496 e. The van der Waals surface area contributed by atoms with E-state index in [2.05, 4.69) is 20.6 Å². The smallest absolute Gasteiger partial charge is 0.335 e. The highest BCUT2D eigenvalue weighted by atomic mass is 35.5. The van der Waals surface area contributed by atoms with E-state index in [9.17, 15) is 28.4 Å². The summed E-state index contributed by atoms with van der Waals surface area (Å²) in [6.07, 6.45) is 5.88. The number of aryl methyl sites for hydroxylation is 2. The van der Waals surface area contributed by atoms with Gasteiger partial charge in [0.15, 0.2) is 23.0 Å². The van der Waals surface area contributed by atoms with Gasteiger partial charge in [-0.1, -0.05) is 40.9 Å². The maximum Gasteiger partial charge on any atom is 0.335 e. The number of halogens is 3. The number of fused-ring (bicyclic) bond motifs is 6. The second-order valence-electron chi connectivity index (χ2n) is 19.0. The third-order valence-corrected chi connectivity index (χ3v) is 14.2. The van der Waals surface area contributed by atoms with Crippen LogP contribution in [0.1, 0.15) is 26.3 Å². The van der Waals surface area contributed by atoms with Gasteiger partial charge in [-0.3, -0.25) is 33.7 Å². The van der Waals surface area contributed by atoms with Crippen LogP contribution in [0.25, 0.3) is 33.2 Å². The van der Waals surface area contributed by atoms with Crippen LogP contribution in [0.3, 0.4) is 0 Å². The molecule has 6 heterocycles. The molecule has 2 aliphatic rings. The van der Waals surface area contributed by atoms with Gasteiger partial charge in [-0.15, -0.1) is 0 Å². The quantitative estimate of drug-likeness (QED) is 0.109. The summed E-state index contributed by atoms with van der Waals surface area (Å²) in [6.45, 7) is 3.42. The van der Waals surface area contributed by atoms with Gasteiger partial charge in [-0.25, -0.2) is 13.8 Å². The standard InChI is InChI=1S/C32H26ClN3O7.C30H22ClFN4O7/c1-18-4-6-19(7-5-18)36-13-11-24(39-2)28(32(36)38)31(37)35-22-9-8-20(16-21(22)33)43-25-10-12-34-23-17-26(40-3)29-30(27(23)25)42-15-14-41-29;1-35-15-19(29(38)36(30(35)39)17-5-3-16(32)4-6-17)28(37)34-21-8-7-18(13-20(21)31)43-23-9-10-33-22-14-24(40-2)26-27(25(22)23)42-12-11-41-26/h4-13,16-17H,14-15H2,1-3H3,(H,35,37);3-10,13-15H,11-12H2,1-2H3,(H,34,37). The van der Waals surface area contributed by atoms with E-state index in [1.54, 1.807) is 92.4 Å². The monoisotopic (exact) mass is 1200 g/mol. The fraction of sp³-hybridized carbons (Fsp3) is 0.145. The maximum absolute atomic E-state index is 13.4. The Bertz CT molecular complexity index is 4520. The Hall–Kier alpha value is -10.6. The molecular formula is C62H48Cl2FN7O14. The molecule has 12 rings (SSSR count). The second kappa shape index (κ2) is 24.3. The zero-order valence-electron chi connectivity index (χ0n) is 46.2. The van der Waals surface area contributed by atoms with Gasteiger partial charge in [0.25, 0.3) is 22.9 Å². The van der Waals surface area contributed by atoms with Gasteiger partial charge in [0, 0.05) is 61.8 Å². The normalized spacial score (nSPS) is 12.1. The van der Waals surface area contributed by atoms with Crippen molar-refractivity contribution in [2.75, 3.05) is 58.4 Å². The van der Waals surface area contributed by atoms with E-state index >= 15 is 0 Å². The Morgan fingerprint density at radius 1 is 0.570 bits per heavy atom. The summed E-state index contributed by atoms with van der Waals surface area (Å²) in [6, 6.07) is 29.9. The lowest BCUT2D eigenvalue weighted by molar-refractivity contribution is 0.101. The number of carbonyl (C=O) groups is 2. The van der Waals surface area contributed by atoms with E-state index in [-0.39, 0.29) is 44.0 Å². The highest BCUT2D eigenvalue weighted by molar-refractivity contribution is 6.34. The first-order valence-corrected chi connectivity index (χ1v) is 26.9. The Labute approximate surface area is 497 Å². The van der Waals surface area contributed by atoms with Crippen molar-refractivity contribution < 1.29 is 56.6 Å². The van der Waals surface area contributed by atoms with Crippen LogP contribution in [-0.2, 0) is 7.05 Å². The van der Waals surface area contributed by atoms with E-state index in [0.29, 0.717) is 111 Å². The molecule has 0 unspecified atom stereocenters. The molecule has 0 aliphatic carbocycles. The molecule has 10 aromatic rings. The molecule has 24 heteroatoms. The molecule has 2 amide bonds. The molecule has 0 radical (unpaired) electrons. The fourth-order valence-corrected chi connectivity index (χ4v) is 9.86. The molecule has 0 saturated heterocycles. The van der Waals surface area contributed by atoms with Crippen LogP contribution in [0.15, 0.2) is 154 Å². The van der Waals surface area contributed by atoms with Crippen molar-refractivity contribution >= 4 is 68.2 Å². The zero-order valence-corrected chi connectivity index (χ0v) is 47.7. The van der Waals surface area contributed by atoms with Crippen molar-refractivity contribution in [2.24, 2.45) is 7.05 Å². The lowest BCUT2D eigenvalue weighted by atomic mass is 10.1. The minimum Gasteiger partial charge on any atom is -0.496 e. The average Bonchev–Trinajstić information content (AvgIpc) is 1.17. The number of amides is 2. The number of aromatic nitrogens is 5. The third-order valence-electron chi connectivity index (χ3n) is 13.6. The van der Waals surface area contributed by atoms with E-state index in [0.717, 1.165) is 33.0 Å². The van der Waals surface area contributed by atoms with Crippen LogP contribution < -0.4 is 70.1 Å². The Balaban J connectivity index is 0.000000179. The van der Waals surface area contributed by atoms with Crippen molar-refractivity contribution in [3.63, 3.8) is 0 Å². The Kier molecular flexibility index (Phi) is 16.2. The molecule has 436 valence electrons. The van der Waals surface area contributed by atoms with Gasteiger partial charge in [0.1, 0.15) is 72.1 Å². The summed E-state index contributed by atoms with van der Waals surface area (Å²) in [7, 11) is 5.87. The van der Waals surface area contributed by atoms with Crippen LogP contribution >= 0.6 is 23.2 Å². The van der Waals surface area contributed by atoms with Crippen LogP contribution in [0.5, 0.6) is 63.2 Å². The number of hydrogen-bond acceptors (Lipinski definition) is 16. The van der Waals surface area contributed by atoms with Gasteiger partial charge in [0.05, 0.1) is 70.2 Å². The number of carbonyl (C=O) groups excluding carboxylic acids is 2. The number of nitrogens with zero attached hydrogens (tertiary/aromatic N) is 5. The predicted molar refractivity (Wildman–Crippen MR) is 318 cm³/mol. The number of pyridine rings is 3. The second-order valence-corrected chi connectivity index (χ2v) is 19.8. The SMILES string of the molecule is COc1cc2nccc(Oc3ccc(NC(=O)c4c(OC)ccn(-c5ccc(C)cc5)c4=O)c(Cl)c3)c2c2c1OCCO2.COc1cc2nccc(Oc3ccc(NC(=O)c4cn(C)c(=O)n(-c5ccc(F)cc5)c4=O)c(Cl)c3)c2c2c1OCCO2. The van der Waals surface area contributed by atoms with Gasteiger partial charge in [0.2, 0.25) is 11.5 Å². The van der Waals surface area contributed by atoms with Crippen LogP contribution in [0.4, 0.5) is 15.8 Å². The minimum atomic E-state index is -0.876. The van der Waals surface area contributed by atoms with Crippen LogP contribution in [-0.4, -0.2) is 83.2 Å². The van der Waals surface area contributed by atoms with Crippen molar-refractivity contribution in [1.82, 2.24) is 23.7 Å². The molecule has 0 atom stereocenters. The molecule has 86 heavy (non-hydrogen) atoms. The first kappa shape index (κ1) is 57.2. The first-order valence-electron chi connectivity index (χ1n) is 26.2. The Morgan fingerprint density at radius 3 is 1.56 bits per heavy atom. The Morgan fingerprint density at radius 2 is 1.06 bits per heavy atom. The summed E-state index contributed by atoms with van der Waals surface area (Å²) >= 11 is 13.1. The van der Waals surface area contributed by atoms with Crippen molar-refractivity contribution in [3.05, 3.63) is 204 Å². The number of ether oxygens (including phenoxy) is 9. The molecule has 21 nitrogen and oxygen atoms in total. The van der Waals surface area contributed by atoms with E-state index in [1.807, 2.05) is 19.1 Å². The molecule has 0 saturated carbocycles. The molecule has 2 aliphatic heterocycles. The first-order chi connectivity index (χ1) is 41.6. The summed E-state index contributed by atoms with van der Waals surface area (Å²) in [5, 5.41) is 6.84. The third kappa shape index (κ3) is 11.3. The van der Waals surface area contributed by atoms with Gasteiger partial charge < -0.3 is 57.8 Å². The van der Waals surface area contributed by atoms with Gasteiger partial charge >= 0.3 is 5.69 Å². The number of nitrogens with one attached hydrogen (secondary N) is 2. The maximum atomic E-state index is 13.4. The number of rotatable bonds is 13. The number of methoxy groups -OCH3 is 3. The summed E-state index contributed by atoms with van der Waals surface area (Å²) in [5.41, 5.74) is 0.821. The van der Waals surface area contributed by atoms with Crippen LogP contribution in [0.2, 0.25) is 10.0 Å². The molecule has 0 spiro atoms. The lowest BCUT2D eigenvalue weighted by Gasteiger charge is -2.23. The van der Waals surface area contributed by atoms with Gasteiger partial charge in [-0.2, -0.15) is 0 Å². The van der Waals surface area contributed by atoms with Crippen molar-refractivity contribution in [1.29, 1.82) is 0 Å². The lowest BCUT2D eigenvalue weighted by Crippen LogP contribution is -2.41. The summed E-state index contributed by atoms with van der Waals surface area (Å²) < 4.78 is 68.6. The van der Waals surface area contributed by atoms with E-state index < -0.39 is 34.4 Å². The number of benzene rings is 6. The highest BCUT2D eigenvalue weighted by Crippen LogP contribution is 2.50. The highest BCUT2D eigenvalue weighted by Gasteiger charge is 2.28. The number of anilines is 2. The van der Waals surface area contributed by atoms with Crippen LogP contribution in [0, 0.1) is 12.7 Å². The molecule has 4 aromatic heterocycles.